The number of hydrogen-bond acceptors (Lipinski definition) is 2. The molecule has 0 saturated heterocycles. The van der Waals surface area contributed by atoms with Crippen molar-refractivity contribution in [3.8, 4) is 0 Å². The second-order valence-corrected chi connectivity index (χ2v) is 5.89. The van der Waals surface area contributed by atoms with Gasteiger partial charge < -0.3 is 4.90 Å². The number of ketones is 1. The zero-order valence-electron chi connectivity index (χ0n) is 12.9. The number of benzene rings is 1. The second kappa shape index (κ2) is 6.85. The Bertz CT molecular complexity index is 399. The maximum Gasteiger partial charge on any atom is 0.143 e. The van der Waals surface area contributed by atoms with Crippen LogP contribution >= 0.6 is 0 Å². The number of Topliss-reactive ketones (excluding diaryl/α,β-unsaturated/α-hetero) is 1. The molecule has 0 N–H and O–H groups in total. The Morgan fingerprint density at radius 1 is 1.26 bits per heavy atom. The normalized spacial score (nSPS) is 16.1. The van der Waals surface area contributed by atoms with E-state index in [-0.39, 0.29) is 5.41 Å². The van der Waals surface area contributed by atoms with E-state index in [1.807, 2.05) is 18.2 Å². The lowest BCUT2D eigenvalue weighted by Gasteiger charge is -2.34. The van der Waals surface area contributed by atoms with E-state index in [0.717, 1.165) is 18.4 Å². The van der Waals surface area contributed by atoms with Crippen molar-refractivity contribution < 1.29 is 4.79 Å². The minimum atomic E-state index is -0.374. The summed E-state index contributed by atoms with van der Waals surface area (Å²) in [4.78, 5) is 14.8. The van der Waals surface area contributed by atoms with Crippen LogP contribution in [0.4, 0.5) is 0 Å². The Morgan fingerprint density at radius 2 is 1.84 bits per heavy atom. The fraction of sp³-hybridized carbons (Fsp3) is 0.588. The molecule has 2 atom stereocenters. The molecule has 0 aliphatic heterocycles. The summed E-state index contributed by atoms with van der Waals surface area (Å²) in [5, 5.41) is 0. The first-order chi connectivity index (χ1) is 8.91. The minimum absolute atomic E-state index is 0.356. The molecular weight excluding hydrogens is 234 g/mol. The fourth-order valence-corrected chi connectivity index (χ4v) is 2.48. The summed E-state index contributed by atoms with van der Waals surface area (Å²) in [7, 11) is 4.14. The van der Waals surface area contributed by atoms with Gasteiger partial charge in [0.25, 0.3) is 0 Å². The van der Waals surface area contributed by atoms with Gasteiger partial charge in [0, 0.05) is 12.5 Å². The average molecular weight is 261 g/mol. The van der Waals surface area contributed by atoms with Gasteiger partial charge in [-0.15, -0.1) is 0 Å². The smallest absolute Gasteiger partial charge is 0.143 e. The predicted molar refractivity (Wildman–Crippen MR) is 81.5 cm³/mol. The number of hydrogen-bond donors (Lipinski definition) is 0. The minimum Gasteiger partial charge on any atom is -0.307 e. The van der Waals surface area contributed by atoms with Gasteiger partial charge in [-0.05, 0) is 46.3 Å². The zero-order chi connectivity index (χ0) is 14.5. The fourth-order valence-electron chi connectivity index (χ4n) is 2.48. The monoisotopic (exact) mass is 261 g/mol. The van der Waals surface area contributed by atoms with Crippen LogP contribution in [0.3, 0.4) is 0 Å². The van der Waals surface area contributed by atoms with Crippen LogP contribution < -0.4 is 0 Å². The lowest BCUT2D eigenvalue weighted by atomic mass is 9.72. The van der Waals surface area contributed by atoms with Crippen LogP contribution in [0.1, 0.15) is 45.6 Å². The summed E-state index contributed by atoms with van der Waals surface area (Å²) in [5.41, 5.74) is 0.767. The zero-order valence-corrected chi connectivity index (χ0v) is 12.9. The van der Waals surface area contributed by atoms with Crippen LogP contribution in [-0.4, -0.2) is 30.8 Å². The molecule has 2 heteroatoms. The molecule has 1 rings (SSSR count). The second-order valence-electron chi connectivity index (χ2n) is 5.89. The highest BCUT2D eigenvalue weighted by Crippen LogP contribution is 2.32. The number of nitrogens with zero attached hydrogens (tertiary/aromatic N) is 1. The Hall–Kier alpha value is -1.15. The topological polar surface area (TPSA) is 20.3 Å². The van der Waals surface area contributed by atoms with Crippen molar-refractivity contribution in [2.24, 2.45) is 0 Å². The quantitative estimate of drug-likeness (QED) is 0.746. The molecule has 1 aromatic rings. The van der Waals surface area contributed by atoms with Crippen molar-refractivity contribution in [1.29, 1.82) is 0 Å². The molecule has 1 aromatic carbocycles. The third-order valence-electron chi connectivity index (χ3n) is 4.09. The Labute approximate surface area is 117 Å². The molecule has 0 spiro atoms. The summed E-state index contributed by atoms with van der Waals surface area (Å²) in [5.74, 6) is 0.356. The molecule has 106 valence electrons. The van der Waals surface area contributed by atoms with Crippen LogP contribution in [0.5, 0.6) is 0 Å². The van der Waals surface area contributed by atoms with Crippen LogP contribution in [0.15, 0.2) is 30.3 Å². The highest BCUT2D eigenvalue weighted by Gasteiger charge is 2.35. The first kappa shape index (κ1) is 15.9. The molecule has 0 saturated carbocycles. The predicted octanol–water partition coefficient (Wildman–Crippen LogP) is 3.65. The van der Waals surface area contributed by atoms with Crippen molar-refractivity contribution in [1.82, 2.24) is 4.90 Å². The largest absolute Gasteiger partial charge is 0.307 e. The lowest BCUT2D eigenvalue weighted by Crippen LogP contribution is -2.39. The number of carbonyl (C=O) groups is 1. The number of carbonyl (C=O) groups excluding carboxylic acids is 1. The van der Waals surface area contributed by atoms with Gasteiger partial charge >= 0.3 is 0 Å². The van der Waals surface area contributed by atoms with Gasteiger partial charge in [0.05, 0.1) is 5.41 Å². The molecule has 0 amide bonds. The molecule has 0 radical (unpaired) electrons. The Kier molecular flexibility index (Phi) is 5.74. The van der Waals surface area contributed by atoms with Gasteiger partial charge in [-0.3, -0.25) is 4.79 Å². The molecule has 0 heterocycles. The van der Waals surface area contributed by atoms with Crippen molar-refractivity contribution in [3.63, 3.8) is 0 Å². The molecule has 0 aromatic heterocycles. The third-order valence-corrected chi connectivity index (χ3v) is 4.09. The van der Waals surface area contributed by atoms with Crippen molar-refractivity contribution >= 4 is 5.78 Å². The van der Waals surface area contributed by atoms with E-state index < -0.39 is 0 Å². The standard InChI is InChI=1S/C17H27NO/c1-6-10-16(19)17(3,13-14(2)18(4)5)15-11-8-7-9-12-15/h7-9,11-12,14H,6,10,13H2,1-5H3/t14-,17-/m0/s1. The maximum absolute atomic E-state index is 12.6. The maximum atomic E-state index is 12.6. The molecule has 2 nitrogen and oxygen atoms in total. The summed E-state index contributed by atoms with van der Waals surface area (Å²) in [6.45, 7) is 6.35. The summed E-state index contributed by atoms with van der Waals surface area (Å²) >= 11 is 0. The molecule has 0 unspecified atom stereocenters. The van der Waals surface area contributed by atoms with E-state index in [4.69, 9.17) is 0 Å². The molecule has 0 aliphatic rings. The van der Waals surface area contributed by atoms with E-state index in [2.05, 4.69) is 51.9 Å². The van der Waals surface area contributed by atoms with Crippen molar-refractivity contribution in [2.75, 3.05) is 14.1 Å². The molecule has 0 bridgehead atoms. The summed E-state index contributed by atoms with van der Waals surface area (Å²) in [6, 6.07) is 10.6. The van der Waals surface area contributed by atoms with E-state index >= 15 is 0 Å². The van der Waals surface area contributed by atoms with Gasteiger partial charge in [-0.2, -0.15) is 0 Å². The third kappa shape index (κ3) is 3.90. The van der Waals surface area contributed by atoms with E-state index in [0.29, 0.717) is 18.2 Å². The number of rotatable bonds is 7. The molecule has 19 heavy (non-hydrogen) atoms. The Morgan fingerprint density at radius 3 is 2.32 bits per heavy atom. The highest BCUT2D eigenvalue weighted by molar-refractivity contribution is 5.89. The van der Waals surface area contributed by atoms with Crippen LogP contribution in [0, 0.1) is 0 Å². The summed E-state index contributed by atoms with van der Waals surface area (Å²) < 4.78 is 0. The summed E-state index contributed by atoms with van der Waals surface area (Å²) in [6.07, 6.45) is 2.44. The first-order valence-electron chi connectivity index (χ1n) is 7.17. The SMILES string of the molecule is CCCC(=O)[C@@](C)(C[C@H](C)N(C)C)c1ccccc1. The first-order valence-corrected chi connectivity index (χ1v) is 7.17. The van der Waals surface area contributed by atoms with E-state index in [9.17, 15) is 4.79 Å². The van der Waals surface area contributed by atoms with Gasteiger partial charge in [0.1, 0.15) is 5.78 Å². The molecular formula is C17H27NO. The Balaban J connectivity index is 3.07. The van der Waals surface area contributed by atoms with Crippen LogP contribution in [0.25, 0.3) is 0 Å². The van der Waals surface area contributed by atoms with Gasteiger partial charge in [0.2, 0.25) is 0 Å². The molecule has 0 fully saturated rings. The van der Waals surface area contributed by atoms with Gasteiger partial charge in [0.15, 0.2) is 0 Å². The van der Waals surface area contributed by atoms with Crippen molar-refractivity contribution in [3.05, 3.63) is 35.9 Å². The van der Waals surface area contributed by atoms with E-state index in [1.54, 1.807) is 0 Å². The lowest BCUT2D eigenvalue weighted by molar-refractivity contribution is -0.124. The van der Waals surface area contributed by atoms with Crippen LogP contribution in [-0.2, 0) is 10.2 Å². The van der Waals surface area contributed by atoms with Crippen molar-refractivity contribution in [2.45, 2.75) is 51.5 Å². The van der Waals surface area contributed by atoms with E-state index in [1.165, 1.54) is 0 Å². The molecule has 0 aliphatic carbocycles. The van der Waals surface area contributed by atoms with Crippen LogP contribution in [0.2, 0.25) is 0 Å². The highest BCUT2D eigenvalue weighted by atomic mass is 16.1. The van der Waals surface area contributed by atoms with Gasteiger partial charge in [-0.25, -0.2) is 0 Å². The van der Waals surface area contributed by atoms with Gasteiger partial charge in [-0.1, -0.05) is 37.3 Å². The average Bonchev–Trinajstić information content (AvgIpc) is 2.39.